The van der Waals surface area contributed by atoms with Gasteiger partial charge in [0.1, 0.15) is 5.82 Å². The largest absolute Gasteiger partial charge is 0.307 e. The number of rotatable bonds is 4. The highest BCUT2D eigenvalue weighted by Crippen LogP contribution is 2.47. The van der Waals surface area contributed by atoms with Gasteiger partial charge in [-0.25, -0.2) is 4.39 Å². The van der Waals surface area contributed by atoms with E-state index < -0.39 is 0 Å². The van der Waals surface area contributed by atoms with Gasteiger partial charge in [0.05, 0.1) is 0 Å². The first-order valence-electron chi connectivity index (χ1n) is 11.5. The predicted molar refractivity (Wildman–Crippen MR) is 137 cm³/mol. The van der Waals surface area contributed by atoms with E-state index in [2.05, 4.69) is 29.2 Å². The molecule has 0 radical (unpaired) electrons. The molecule has 0 saturated carbocycles. The Hall–Kier alpha value is -2.66. The monoisotopic (exact) mass is 494 g/mol. The van der Waals surface area contributed by atoms with E-state index in [1.54, 1.807) is 35.2 Å². The lowest BCUT2D eigenvalue weighted by Crippen LogP contribution is -2.46. The van der Waals surface area contributed by atoms with Crippen molar-refractivity contribution in [2.24, 2.45) is 0 Å². The molecule has 2 aliphatic rings. The van der Waals surface area contributed by atoms with Crippen molar-refractivity contribution in [3.63, 3.8) is 0 Å². The van der Waals surface area contributed by atoms with Crippen LogP contribution in [0.4, 0.5) is 10.1 Å². The van der Waals surface area contributed by atoms with Crippen LogP contribution in [0.2, 0.25) is 10.0 Å². The summed E-state index contributed by atoms with van der Waals surface area (Å²) in [5.74, 6) is -0.436. The normalized spacial score (nSPS) is 17.4. The summed E-state index contributed by atoms with van der Waals surface area (Å²) in [5, 5.41) is 0.835. The summed E-state index contributed by atoms with van der Waals surface area (Å²) in [7, 11) is 0. The summed E-state index contributed by atoms with van der Waals surface area (Å²) in [6, 6.07) is 19.9. The first kappa shape index (κ1) is 23.1. The smallest absolute Gasteiger partial charge is 0.258 e. The lowest BCUT2D eigenvalue weighted by atomic mass is 9.74. The average molecular weight is 495 g/mol. The molecule has 5 rings (SSSR count). The lowest BCUT2D eigenvalue weighted by molar-refractivity contribution is 0.0977. The van der Waals surface area contributed by atoms with E-state index in [4.69, 9.17) is 23.2 Å². The molecule has 1 saturated heterocycles. The summed E-state index contributed by atoms with van der Waals surface area (Å²) in [6.45, 7) is 3.17. The molecule has 1 fully saturated rings. The number of benzene rings is 3. The molecule has 0 aromatic heterocycles. The Morgan fingerprint density at radius 3 is 2.38 bits per heavy atom. The molecule has 1 amide bonds. The van der Waals surface area contributed by atoms with Gasteiger partial charge in [-0.2, -0.15) is 0 Å². The van der Waals surface area contributed by atoms with E-state index in [0.29, 0.717) is 22.2 Å². The molecular weight excluding hydrogens is 470 g/mol. The summed E-state index contributed by atoms with van der Waals surface area (Å²) >= 11 is 12.3. The molecule has 2 heterocycles. The Kier molecular flexibility index (Phi) is 6.48. The molecule has 3 aromatic carbocycles. The van der Waals surface area contributed by atoms with Crippen molar-refractivity contribution < 1.29 is 9.18 Å². The quantitative estimate of drug-likeness (QED) is 0.396. The van der Waals surface area contributed by atoms with Crippen molar-refractivity contribution in [1.82, 2.24) is 4.90 Å². The third-order valence-corrected chi connectivity index (χ3v) is 7.36. The Morgan fingerprint density at radius 1 is 0.971 bits per heavy atom. The van der Waals surface area contributed by atoms with Crippen LogP contribution in [-0.4, -0.2) is 37.0 Å². The summed E-state index contributed by atoms with van der Waals surface area (Å²) in [4.78, 5) is 17.6. The highest BCUT2D eigenvalue weighted by molar-refractivity contribution is 6.35. The number of hydrogen-bond donors (Lipinski definition) is 0. The molecule has 0 N–H and O–H groups in total. The number of hydrogen-bond acceptors (Lipinski definition) is 2. The van der Waals surface area contributed by atoms with E-state index in [9.17, 15) is 9.18 Å². The first-order chi connectivity index (χ1) is 16.4. The minimum Gasteiger partial charge on any atom is -0.307 e. The van der Waals surface area contributed by atoms with Crippen LogP contribution in [0.3, 0.4) is 0 Å². The number of fused-ring (bicyclic) bond motifs is 2. The molecule has 2 aliphatic heterocycles. The van der Waals surface area contributed by atoms with Gasteiger partial charge in [-0.3, -0.25) is 9.69 Å². The number of carbonyl (C=O) groups is 1. The number of likely N-dealkylation sites (tertiary alicyclic amines) is 1. The lowest BCUT2D eigenvalue weighted by Gasteiger charge is -2.39. The van der Waals surface area contributed by atoms with Crippen molar-refractivity contribution in [2.45, 2.75) is 18.3 Å². The van der Waals surface area contributed by atoms with Crippen LogP contribution in [0.25, 0.3) is 6.08 Å². The second-order valence-electron chi connectivity index (χ2n) is 9.10. The Bertz CT molecular complexity index is 1220. The maximum Gasteiger partial charge on any atom is 0.258 e. The summed E-state index contributed by atoms with van der Waals surface area (Å²) < 4.78 is 14.3. The fourth-order valence-corrected chi connectivity index (χ4v) is 5.67. The van der Waals surface area contributed by atoms with Crippen LogP contribution in [0.15, 0.2) is 72.8 Å². The molecule has 1 spiro atoms. The van der Waals surface area contributed by atoms with Crippen molar-refractivity contribution in [3.8, 4) is 0 Å². The molecular formula is C28H25Cl2FN2O. The zero-order valence-electron chi connectivity index (χ0n) is 18.7. The third-order valence-electron chi connectivity index (χ3n) is 6.92. The van der Waals surface area contributed by atoms with Gasteiger partial charge in [-0.05, 0) is 73.5 Å². The van der Waals surface area contributed by atoms with Crippen molar-refractivity contribution >= 4 is 40.9 Å². The summed E-state index contributed by atoms with van der Waals surface area (Å²) in [5.41, 5.74) is 3.07. The predicted octanol–water partition coefficient (Wildman–Crippen LogP) is 6.84. The molecule has 6 heteroatoms. The van der Waals surface area contributed by atoms with E-state index in [1.807, 2.05) is 18.2 Å². The van der Waals surface area contributed by atoms with Gasteiger partial charge in [0.25, 0.3) is 5.91 Å². The van der Waals surface area contributed by atoms with Gasteiger partial charge < -0.3 is 4.90 Å². The van der Waals surface area contributed by atoms with Crippen molar-refractivity contribution in [1.29, 1.82) is 0 Å². The first-order valence-corrected chi connectivity index (χ1v) is 12.2. The van der Waals surface area contributed by atoms with Gasteiger partial charge in [-0.1, -0.05) is 65.7 Å². The van der Waals surface area contributed by atoms with Crippen LogP contribution in [-0.2, 0) is 5.41 Å². The second-order valence-corrected chi connectivity index (χ2v) is 9.98. The minimum atomic E-state index is -0.272. The van der Waals surface area contributed by atoms with E-state index in [0.717, 1.165) is 43.7 Å². The molecule has 3 nitrogen and oxygen atoms in total. The molecule has 0 unspecified atom stereocenters. The zero-order chi connectivity index (χ0) is 23.7. The third kappa shape index (κ3) is 4.63. The van der Waals surface area contributed by atoms with Crippen LogP contribution in [0.1, 0.15) is 34.3 Å². The fraction of sp³-hybridized carbons (Fsp3) is 0.250. The van der Waals surface area contributed by atoms with Crippen LogP contribution < -0.4 is 4.90 Å². The molecule has 34 heavy (non-hydrogen) atoms. The molecule has 174 valence electrons. The number of halogens is 3. The van der Waals surface area contributed by atoms with Crippen LogP contribution >= 0.6 is 23.2 Å². The number of anilines is 1. The molecule has 0 atom stereocenters. The standard InChI is InChI=1S/C28H25Cl2FN2O/c29-22-15-21(16-23(30)17-22)27(34)33-19-28(25-18-24(31)8-9-26(25)33)10-13-32(14-11-28)12-4-7-20-5-2-1-3-6-20/h1-9,15-18H,10-14,19H2. The van der Waals surface area contributed by atoms with E-state index in [-0.39, 0.29) is 17.1 Å². The minimum absolute atomic E-state index is 0.164. The maximum absolute atomic E-state index is 14.3. The number of nitrogens with zero attached hydrogens (tertiary/aromatic N) is 2. The van der Waals surface area contributed by atoms with Crippen LogP contribution in [0.5, 0.6) is 0 Å². The Balaban J connectivity index is 1.34. The number of amides is 1. The number of piperidine rings is 1. The molecule has 0 aliphatic carbocycles. The molecule has 3 aromatic rings. The highest BCUT2D eigenvalue weighted by atomic mass is 35.5. The zero-order valence-corrected chi connectivity index (χ0v) is 20.2. The Labute approximate surface area is 209 Å². The fourth-order valence-electron chi connectivity index (χ4n) is 5.15. The SMILES string of the molecule is O=C(c1cc(Cl)cc(Cl)c1)N1CC2(CCN(CC=Cc3ccccc3)CC2)c2cc(F)ccc21. The van der Waals surface area contributed by atoms with E-state index >= 15 is 0 Å². The highest BCUT2D eigenvalue weighted by Gasteiger charge is 2.46. The number of carbonyl (C=O) groups excluding carboxylic acids is 1. The van der Waals surface area contributed by atoms with Crippen molar-refractivity contribution in [2.75, 3.05) is 31.1 Å². The van der Waals surface area contributed by atoms with Gasteiger partial charge in [0, 0.05) is 39.8 Å². The van der Waals surface area contributed by atoms with Gasteiger partial charge >= 0.3 is 0 Å². The summed E-state index contributed by atoms with van der Waals surface area (Å²) in [6.07, 6.45) is 6.06. The van der Waals surface area contributed by atoms with Crippen molar-refractivity contribution in [3.05, 3.63) is 105 Å². The average Bonchev–Trinajstić information content (AvgIpc) is 3.13. The van der Waals surface area contributed by atoms with Crippen LogP contribution in [0, 0.1) is 5.82 Å². The van der Waals surface area contributed by atoms with Gasteiger partial charge in [-0.15, -0.1) is 0 Å². The van der Waals surface area contributed by atoms with Gasteiger partial charge in [0.2, 0.25) is 0 Å². The topological polar surface area (TPSA) is 23.6 Å². The Morgan fingerprint density at radius 2 is 1.68 bits per heavy atom. The second kappa shape index (κ2) is 9.53. The van der Waals surface area contributed by atoms with E-state index in [1.165, 1.54) is 11.6 Å². The maximum atomic E-state index is 14.3. The molecule has 0 bridgehead atoms. The van der Waals surface area contributed by atoms with Gasteiger partial charge in [0.15, 0.2) is 0 Å².